The fourth-order valence-corrected chi connectivity index (χ4v) is 2.91. The van der Waals surface area contributed by atoms with Gasteiger partial charge in [-0.15, -0.1) is 0 Å². The lowest BCUT2D eigenvalue weighted by molar-refractivity contribution is 0.440. The molecule has 19 heavy (non-hydrogen) atoms. The zero-order valence-corrected chi connectivity index (χ0v) is 13.2. The van der Waals surface area contributed by atoms with Crippen LogP contribution in [-0.2, 0) is 6.42 Å². The molecule has 3 heteroatoms. The molecule has 0 bridgehead atoms. The molecule has 0 saturated heterocycles. The molecule has 0 fully saturated rings. The number of rotatable bonds is 9. The second kappa shape index (κ2) is 9.27. The SMILES string of the molecule is CCSCCC(C)NC(C)CCc1ccc(O)cc1. The van der Waals surface area contributed by atoms with Crippen LogP contribution in [0.25, 0.3) is 0 Å². The van der Waals surface area contributed by atoms with Crippen LogP contribution in [0.15, 0.2) is 24.3 Å². The molecular weight excluding hydrogens is 254 g/mol. The first-order valence-electron chi connectivity index (χ1n) is 7.23. The van der Waals surface area contributed by atoms with Crippen molar-refractivity contribution in [3.8, 4) is 5.75 Å². The number of nitrogens with one attached hydrogen (secondary N) is 1. The van der Waals surface area contributed by atoms with Crippen LogP contribution >= 0.6 is 11.8 Å². The lowest BCUT2D eigenvalue weighted by atomic mass is 10.1. The smallest absolute Gasteiger partial charge is 0.115 e. The van der Waals surface area contributed by atoms with Crippen molar-refractivity contribution in [3.05, 3.63) is 29.8 Å². The Bertz CT molecular complexity index is 339. The lowest BCUT2D eigenvalue weighted by Gasteiger charge is -2.20. The third kappa shape index (κ3) is 7.48. The molecule has 1 rings (SSSR count). The van der Waals surface area contributed by atoms with Gasteiger partial charge in [-0.2, -0.15) is 11.8 Å². The van der Waals surface area contributed by atoms with Crippen molar-refractivity contribution in [2.75, 3.05) is 11.5 Å². The molecule has 2 unspecified atom stereocenters. The van der Waals surface area contributed by atoms with E-state index in [1.54, 1.807) is 12.1 Å². The number of thioether (sulfide) groups is 1. The van der Waals surface area contributed by atoms with Gasteiger partial charge in [-0.1, -0.05) is 19.1 Å². The Labute approximate surface area is 122 Å². The maximum Gasteiger partial charge on any atom is 0.115 e. The summed E-state index contributed by atoms with van der Waals surface area (Å²) in [7, 11) is 0. The van der Waals surface area contributed by atoms with Crippen LogP contribution in [0.5, 0.6) is 5.75 Å². The standard InChI is InChI=1S/C16H27NOS/c1-4-19-12-11-14(3)17-13(2)5-6-15-7-9-16(18)10-8-15/h7-10,13-14,17-18H,4-6,11-12H2,1-3H3. The number of aryl methyl sites for hydroxylation is 1. The van der Waals surface area contributed by atoms with Crippen LogP contribution in [0.4, 0.5) is 0 Å². The van der Waals surface area contributed by atoms with Crippen LogP contribution in [0, 0.1) is 0 Å². The normalized spacial score (nSPS) is 14.3. The van der Waals surface area contributed by atoms with Crippen LogP contribution in [0.3, 0.4) is 0 Å². The Morgan fingerprint density at radius 1 is 1.11 bits per heavy atom. The highest BCUT2D eigenvalue weighted by atomic mass is 32.2. The van der Waals surface area contributed by atoms with E-state index in [1.165, 1.54) is 23.5 Å². The second-order valence-electron chi connectivity index (χ2n) is 5.16. The van der Waals surface area contributed by atoms with E-state index in [4.69, 9.17) is 0 Å². The second-order valence-corrected chi connectivity index (χ2v) is 6.55. The van der Waals surface area contributed by atoms with Crippen molar-refractivity contribution in [2.24, 2.45) is 0 Å². The van der Waals surface area contributed by atoms with E-state index in [0.717, 1.165) is 12.8 Å². The van der Waals surface area contributed by atoms with Crippen LogP contribution < -0.4 is 5.32 Å². The molecule has 2 nitrogen and oxygen atoms in total. The van der Waals surface area contributed by atoms with Gasteiger partial charge in [0.05, 0.1) is 0 Å². The minimum absolute atomic E-state index is 0.344. The molecule has 0 aliphatic carbocycles. The van der Waals surface area contributed by atoms with E-state index in [-0.39, 0.29) is 0 Å². The first kappa shape index (κ1) is 16.4. The highest BCUT2D eigenvalue weighted by molar-refractivity contribution is 7.99. The topological polar surface area (TPSA) is 32.3 Å². The van der Waals surface area contributed by atoms with Crippen molar-refractivity contribution in [2.45, 2.75) is 52.1 Å². The first-order valence-corrected chi connectivity index (χ1v) is 8.39. The highest BCUT2D eigenvalue weighted by Gasteiger charge is 2.07. The van der Waals surface area contributed by atoms with Crippen molar-refractivity contribution in [1.82, 2.24) is 5.32 Å². The van der Waals surface area contributed by atoms with E-state index in [0.29, 0.717) is 17.8 Å². The van der Waals surface area contributed by atoms with Gasteiger partial charge < -0.3 is 10.4 Å². The summed E-state index contributed by atoms with van der Waals surface area (Å²) in [6.07, 6.45) is 3.43. The Hall–Kier alpha value is -0.670. The third-order valence-corrected chi connectivity index (χ3v) is 4.20. The molecule has 2 N–H and O–H groups in total. The fraction of sp³-hybridized carbons (Fsp3) is 0.625. The molecule has 0 spiro atoms. The quantitative estimate of drug-likeness (QED) is 0.675. The molecule has 0 aliphatic heterocycles. The summed E-state index contributed by atoms with van der Waals surface area (Å²) < 4.78 is 0. The van der Waals surface area contributed by atoms with Gasteiger partial charge in [0.15, 0.2) is 0 Å². The summed E-state index contributed by atoms with van der Waals surface area (Å²) >= 11 is 2.01. The zero-order valence-electron chi connectivity index (χ0n) is 12.4. The molecular formula is C16H27NOS. The molecule has 108 valence electrons. The van der Waals surface area contributed by atoms with E-state index in [1.807, 2.05) is 23.9 Å². The summed E-state index contributed by atoms with van der Waals surface area (Å²) in [5.41, 5.74) is 1.29. The number of phenolic OH excluding ortho intramolecular Hbond substituents is 1. The molecule has 0 aliphatic rings. The molecule has 1 aromatic rings. The largest absolute Gasteiger partial charge is 0.508 e. The first-order chi connectivity index (χ1) is 9.11. The average molecular weight is 281 g/mol. The van der Waals surface area contributed by atoms with Gasteiger partial charge in [-0.05, 0) is 62.3 Å². The van der Waals surface area contributed by atoms with Gasteiger partial charge in [-0.3, -0.25) is 0 Å². The minimum atomic E-state index is 0.344. The van der Waals surface area contributed by atoms with Crippen molar-refractivity contribution in [3.63, 3.8) is 0 Å². The van der Waals surface area contributed by atoms with Crippen molar-refractivity contribution < 1.29 is 5.11 Å². The maximum atomic E-state index is 9.24. The number of hydrogen-bond donors (Lipinski definition) is 2. The fourth-order valence-electron chi connectivity index (χ4n) is 2.10. The Morgan fingerprint density at radius 3 is 2.37 bits per heavy atom. The van der Waals surface area contributed by atoms with Crippen LogP contribution in [-0.4, -0.2) is 28.7 Å². The summed E-state index contributed by atoms with van der Waals surface area (Å²) in [5.74, 6) is 2.80. The predicted molar refractivity (Wildman–Crippen MR) is 86.1 cm³/mol. The van der Waals surface area contributed by atoms with Gasteiger partial charge in [0.25, 0.3) is 0 Å². The van der Waals surface area contributed by atoms with Crippen molar-refractivity contribution in [1.29, 1.82) is 0 Å². The van der Waals surface area contributed by atoms with Gasteiger partial charge in [0.1, 0.15) is 5.75 Å². The summed E-state index contributed by atoms with van der Waals surface area (Å²) in [6.45, 7) is 6.74. The molecule has 1 aromatic carbocycles. The van der Waals surface area contributed by atoms with E-state index in [2.05, 4.69) is 26.1 Å². The van der Waals surface area contributed by atoms with Crippen LogP contribution in [0.1, 0.15) is 39.2 Å². The number of benzene rings is 1. The van der Waals surface area contributed by atoms with Crippen molar-refractivity contribution >= 4 is 11.8 Å². The van der Waals surface area contributed by atoms with E-state index < -0.39 is 0 Å². The van der Waals surface area contributed by atoms with E-state index >= 15 is 0 Å². The number of phenols is 1. The molecule has 0 radical (unpaired) electrons. The van der Waals surface area contributed by atoms with Gasteiger partial charge in [-0.25, -0.2) is 0 Å². The average Bonchev–Trinajstić information content (AvgIpc) is 2.38. The van der Waals surface area contributed by atoms with Crippen LogP contribution in [0.2, 0.25) is 0 Å². The highest BCUT2D eigenvalue weighted by Crippen LogP contribution is 2.12. The zero-order chi connectivity index (χ0) is 14.1. The summed E-state index contributed by atoms with van der Waals surface area (Å²) in [5, 5.41) is 12.9. The molecule has 0 heterocycles. The molecule has 2 atom stereocenters. The Kier molecular flexibility index (Phi) is 7.99. The third-order valence-electron chi connectivity index (χ3n) is 3.27. The number of aromatic hydroxyl groups is 1. The summed E-state index contributed by atoms with van der Waals surface area (Å²) in [6, 6.07) is 8.66. The number of hydrogen-bond acceptors (Lipinski definition) is 3. The monoisotopic (exact) mass is 281 g/mol. The molecule has 0 saturated carbocycles. The van der Waals surface area contributed by atoms with Gasteiger partial charge in [0.2, 0.25) is 0 Å². The predicted octanol–water partition coefficient (Wildman–Crippen LogP) is 3.83. The lowest BCUT2D eigenvalue weighted by Crippen LogP contribution is -2.35. The van der Waals surface area contributed by atoms with E-state index in [9.17, 15) is 5.11 Å². The Morgan fingerprint density at radius 2 is 1.74 bits per heavy atom. The summed E-state index contributed by atoms with van der Waals surface area (Å²) in [4.78, 5) is 0. The molecule has 0 amide bonds. The molecule has 0 aromatic heterocycles. The van der Waals surface area contributed by atoms with Gasteiger partial charge >= 0.3 is 0 Å². The van der Waals surface area contributed by atoms with Gasteiger partial charge in [0, 0.05) is 12.1 Å². The minimum Gasteiger partial charge on any atom is -0.508 e. The Balaban J connectivity index is 2.19. The maximum absolute atomic E-state index is 9.24.